The minimum absolute atomic E-state index is 0.172. The molecule has 0 spiro atoms. The summed E-state index contributed by atoms with van der Waals surface area (Å²) in [5.41, 5.74) is 1.36. The number of thiazole rings is 1. The van der Waals surface area contributed by atoms with Gasteiger partial charge < -0.3 is 5.32 Å². The first kappa shape index (κ1) is 16.6. The Kier molecular flexibility index (Phi) is 5.96. The van der Waals surface area contributed by atoms with Crippen LogP contribution >= 0.6 is 11.3 Å². The predicted molar refractivity (Wildman–Crippen MR) is 84.7 cm³/mol. The van der Waals surface area contributed by atoms with Gasteiger partial charge in [-0.25, -0.2) is 4.98 Å². The molecule has 1 unspecified atom stereocenters. The number of likely N-dealkylation sites (N-methyl/N-ethyl adjacent to an activating group) is 1. The Morgan fingerprint density at radius 3 is 2.42 bits per heavy atom. The largest absolute Gasteiger partial charge is 0.311 e. The minimum Gasteiger partial charge on any atom is -0.311 e. The van der Waals surface area contributed by atoms with Gasteiger partial charge in [0, 0.05) is 30.1 Å². The summed E-state index contributed by atoms with van der Waals surface area (Å²) in [6.07, 6.45) is 0. The zero-order chi connectivity index (χ0) is 14.6. The topological polar surface area (TPSA) is 28.2 Å². The van der Waals surface area contributed by atoms with E-state index in [2.05, 4.69) is 69.2 Å². The van der Waals surface area contributed by atoms with Crippen molar-refractivity contribution in [3.8, 4) is 0 Å². The maximum atomic E-state index is 4.56. The van der Waals surface area contributed by atoms with Crippen molar-refractivity contribution in [3.05, 3.63) is 16.1 Å². The monoisotopic (exact) mass is 283 g/mol. The molecule has 1 aromatic heterocycles. The third-order valence-electron chi connectivity index (χ3n) is 3.26. The summed E-state index contributed by atoms with van der Waals surface area (Å²) in [6.45, 7) is 15.2. The Morgan fingerprint density at radius 1 is 1.37 bits per heavy atom. The van der Waals surface area contributed by atoms with E-state index < -0.39 is 0 Å². The molecule has 4 heteroatoms. The lowest BCUT2D eigenvalue weighted by molar-refractivity contribution is 0.168. The van der Waals surface area contributed by atoms with Crippen LogP contribution in [0.3, 0.4) is 0 Å². The summed E-state index contributed by atoms with van der Waals surface area (Å²) < 4.78 is 0. The number of nitrogens with zero attached hydrogens (tertiary/aromatic N) is 2. The van der Waals surface area contributed by atoms with Gasteiger partial charge in [0.25, 0.3) is 0 Å². The fourth-order valence-electron chi connectivity index (χ4n) is 2.16. The third-order valence-corrected chi connectivity index (χ3v) is 4.08. The van der Waals surface area contributed by atoms with Crippen molar-refractivity contribution in [1.29, 1.82) is 0 Å². The van der Waals surface area contributed by atoms with E-state index in [9.17, 15) is 0 Å². The molecular weight excluding hydrogens is 254 g/mol. The van der Waals surface area contributed by atoms with E-state index in [0.29, 0.717) is 12.0 Å². The molecular formula is C15H29N3S. The molecule has 110 valence electrons. The molecule has 0 aliphatic carbocycles. The molecule has 0 aliphatic rings. The number of hydrogen-bond donors (Lipinski definition) is 1. The second-order valence-corrected chi connectivity index (χ2v) is 7.78. The predicted octanol–water partition coefficient (Wildman–Crippen LogP) is 3.30. The van der Waals surface area contributed by atoms with Crippen LogP contribution in [0.4, 0.5) is 0 Å². The lowest BCUT2D eigenvalue weighted by Gasteiger charge is -2.34. The van der Waals surface area contributed by atoms with Crippen LogP contribution < -0.4 is 5.32 Å². The van der Waals surface area contributed by atoms with Gasteiger partial charge in [-0.1, -0.05) is 13.8 Å². The highest BCUT2D eigenvalue weighted by Gasteiger charge is 2.21. The Bertz CT molecular complexity index is 379. The first-order valence-electron chi connectivity index (χ1n) is 7.05. The Hall–Kier alpha value is -0.450. The maximum Gasteiger partial charge on any atom is 0.0897 e. The summed E-state index contributed by atoms with van der Waals surface area (Å²) in [5, 5.41) is 6.93. The third kappa shape index (κ3) is 6.02. The molecule has 0 saturated heterocycles. The highest BCUT2D eigenvalue weighted by Crippen LogP contribution is 2.15. The van der Waals surface area contributed by atoms with Gasteiger partial charge in [-0.2, -0.15) is 0 Å². The molecule has 0 bridgehead atoms. The van der Waals surface area contributed by atoms with Crippen LogP contribution in [0.15, 0.2) is 5.38 Å². The van der Waals surface area contributed by atoms with Gasteiger partial charge in [-0.3, -0.25) is 4.90 Å². The van der Waals surface area contributed by atoms with Crippen LogP contribution in [0.5, 0.6) is 0 Å². The number of aryl methyl sites for hydroxylation is 1. The molecule has 1 aromatic rings. The summed E-state index contributed by atoms with van der Waals surface area (Å²) in [7, 11) is 2.20. The molecule has 3 nitrogen and oxygen atoms in total. The summed E-state index contributed by atoms with van der Waals surface area (Å²) in [5.74, 6) is 0.625. The molecule has 0 aromatic carbocycles. The molecule has 1 atom stereocenters. The van der Waals surface area contributed by atoms with Crippen molar-refractivity contribution < 1.29 is 0 Å². The van der Waals surface area contributed by atoms with Crippen molar-refractivity contribution in [1.82, 2.24) is 15.2 Å². The zero-order valence-corrected chi connectivity index (χ0v) is 14.3. The highest BCUT2D eigenvalue weighted by atomic mass is 32.1. The molecule has 1 rings (SSSR count). The van der Waals surface area contributed by atoms with Gasteiger partial charge in [0.2, 0.25) is 0 Å². The van der Waals surface area contributed by atoms with Crippen LogP contribution in [0.25, 0.3) is 0 Å². The Morgan fingerprint density at radius 2 is 2.00 bits per heavy atom. The smallest absolute Gasteiger partial charge is 0.0897 e. The van der Waals surface area contributed by atoms with Crippen LogP contribution in [0.1, 0.15) is 45.3 Å². The molecule has 0 aliphatic heterocycles. The van der Waals surface area contributed by atoms with E-state index >= 15 is 0 Å². The first-order valence-corrected chi connectivity index (χ1v) is 7.93. The summed E-state index contributed by atoms with van der Waals surface area (Å²) in [4.78, 5) is 6.97. The molecule has 0 amide bonds. The SMILES string of the molecule is Cc1nc(CN(C)C(CNC(C)(C)C)C(C)C)cs1. The van der Waals surface area contributed by atoms with Gasteiger partial charge >= 0.3 is 0 Å². The second-order valence-electron chi connectivity index (χ2n) is 6.72. The van der Waals surface area contributed by atoms with Crippen LogP contribution in [-0.4, -0.2) is 35.1 Å². The van der Waals surface area contributed by atoms with Crippen molar-refractivity contribution in [2.24, 2.45) is 5.92 Å². The van der Waals surface area contributed by atoms with Crippen molar-refractivity contribution in [3.63, 3.8) is 0 Å². The first-order chi connectivity index (χ1) is 8.69. The molecule has 0 fully saturated rings. The van der Waals surface area contributed by atoms with Crippen molar-refractivity contribution >= 4 is 11.3 Å². The van der Waals surface area contributed by atoms with Crippen molar-refractivity contribution in [2.75, 3.05) is 13.6 Å². The fraction of sp³-hybridized carbons (Fsp3) is 0.800. The number of nitrogens with one attached hydrogen (secondary N) is 1. The van der Waals surface area contributed by atoms with E-state index in [1.54, 1.807) is 11.3 Å². The fourth-order valence-corrected chi connectivity index (χ4v) is 2.77. The van der Waals surface area contributed by atoms with Crippen LogP contribution in [-0.2, 0) is 6.54 Å². The lowest BCUT2D eigenvalue weighted by Crippen LogP contribution is -2.48. The average molecular weight is 283 g/mol. The number of hydrogen-bond acceptors (Lipinski definition) is 4. The molecule has 1 N–H and O–H groups in total. The summed E-state index contributed by atoms with van der Waals surface area (Å²) in [6, 6.07) is 0.529. The lowest BCUT2D eigenvalue weighted by atomic mass is 10.0. The van der Waals surface area contributed by atoms with E-state index in [0.717, 1.165) is 18.1 Å². The quantitative estimate of drug-likeness (QED) is 0.868. The number of aromatic nitrogens is 1. The van der Waals surface area contributed by atoms with Crippen LogP contribution in [0.2, 0.25) is 0 Å². The van der Waals surface area contributed by atoms with E-state index in [4.69, 9.17) is 0 Å². The van der Waals surface area contributed by atoms with E-state index in [-0.39, 0.29) is 5.54 Å². The minimum atomic E-state index is 0.172. The zero-order valence-electron chi connectivity index (χ0n) is 13.4. The average Bonchev–Trinajstić information content (AvgIpc) is 2.61. The molecule has 0 radical (unpaired) electrons. The normalized spacial score (nSPS) is 14.4. The highest BCUT2D eigenvalue weighted by molar-refractivity contribution is 7.09. The van der Waals surface area contributed by atoms with Gasteiger partial charge in [0.1, 0.15) is 0 Å². The van der Waals surface area contributed by atoms with E-state index in [1.165, 1.54) is 5.69 Å². The van der Waals surface area contributed by atoms with Gasteiger partial charge in [-0.05, 0) is 40.7 Å². The summed E-state index contributed by atoms with van der Waals surface area (Å²) >= 11 is 1.73. The molecule has 1 heterocycles. The number of rotatable bonds is 6. The molecule has 0 saturated carbocycles. The van der Waals surface area contributed by atoms with Crippen LogP contribution in [0, 0.1) is 12.8 Å². The second kappa shape index (κ2) is 6.82. The van der Waals surface area contributed by atoms with Crippen molar-refractivity contribution in [2.45, 2.75) is 59.7 Å². The van der Waals surface area contributed by atoms with E-state index in [1.807, 2.05) is 0 Å². The van der Waals surface area contributed by atoms with Gasteiger partial charge in [0.05, 0.1) is 10.7 Å². The van der Waals surface area contributed by atoms with Gasteiger partial charge in [0.15, 0.2) is 0 Å². The maximum absolute atomic E-state index is 4.56. The van der Waals surface area contributed by atoms with Gasteiger partial charge in [-0.15, -0.1) is 11.3 Å². The standard InChI is InChI=1S/C15H29N3S/c1-11(2)14(8-16-15(4,5)6)18(7)9-13-10-19-12(3)17-13/h10-11,14,16H,8-9H2,1-7H3. The molecule has 19 heavy (non-hydrogen) atoms. The Balaban J connectivity index is 2.60. The Labute approximate surface area is 122 Å².